The van der Waals surface area contributed by atoms with Gasteiger partial charge in [0.2, 0.25) is 0 Å². The van der Waals surface area contributed by atoms with Crippen molar-refractivity contribution < 1.29 is 5.11 Å². The average molecular weight is 102 g/mol. The van der Waals surface area contributed by atoms with E-state index in [2.05, 4.69) is 12.2 Å². The quantitative estimate of drug-likeness (QED) is 0.497. The fraction of sp³-hybridized carbons (Fsp3) is 0.800. The highest BCUT2D eigenvalue weighted by Gasteiger charge is 1.86. The van der Waals surface area contributed by atoms with Gasteiger partial charge >= 0.3 is 0 Å². The molecule has 0 aromatic rings. The molecule has 2 heteroatoms. The van der Waals surface area contributed by atoms with Crippen molar-refractivity contribution in [2.24, 2.45) is 0 Å². The predicted molar refractivity (Wildman–Crippen MR) is 29.7 cm³/mol. The van der Waals surface area contributed by atoms with Crippen molar-refractivity contribution >= 4 is 0 Å². The Labute approximate surface area is 44.5 Å². The Bertz CT molecular complexity index is 37.1. The molecular weight excluding hydrogens is 90.1 g/mol. The Kier molecular flexibility index (Phi) is 4.04. The lowest BCUT2D eigenvalue weighted by Gasteiger charge is -2.02. The molecule has 0 saturated heterocycles. The zero-order valence-corrected chi connectivity index (χ0v) is 4.65. The first-order valence-corrected chi connectivity index (χ1v) is 2.48. The summed E-state index contributed by atoms with van der Waals surface area (Å²) in [7, 11) is 0. The van der Waals surface area contributed by atoms with E-state index in [1.807, 2.05) is 0 Å². The van der Waals surface area contributed by atoms with E-state index >= 15 is 0 Å². The molecule has 0 aromatic heterocycles. The molecule has 0 aromatic carbocycles. The van der Waals surface area contributed by atoms with Gasteiger partial charge in [0.15, 0.2) is 0 Å². The van der Waals surface area contributed by atoms with Gasteiger partial charge in [-0.3, -0.25) is 5.32 Å². The third-order valence-electron chi connectivity index (χ3n) is 0.617. The second-order valence-electron chi connectivity index (χ2n) is 1.48. The second-order valence-corrected chi connectivity index (χ2v) is 1.48. The first-order valence-electron chi connectivity index (χ1n) is 2.48. The van der Waals surface area contributed by atoms with Crippen LogP contribution in [0.5, 0.6) is 0 Å². The number of aliphatic hydroxyl groups excluding tert-OH is 1. The van der Waals surface area contributed by atoms with Gasteiger partial charge in [-0.25, -0.2) is 0 Å². The molecule has 1 atom stereocenters. The maximum Gasteiger partial charge on any atom is 0.102 e. The van der Waals surface area contributed by atoms with Crippen LogP contribution in [-0.2, 0) is 0 Å². The van der Waals surface area contributed by atoms with Crippen molar-refractivity contribution in [3.63, 3.8) is 0 Å². The number of hydrogen-bond acceptors (Lipinski definition) is 2. The number of hydrogen-bond donors (Lipinski definition) is 2. The van der Waals surface area contributed by atoms with E-state index in [9.17, 15) is 0 Å². The lowest BCUT2D eigenvalue weighted by molar-refractivity contribution is 0.158. The highest BCUT2D eigenvalue weighted by Crippen LogP contribution is 1.72. The standard InChI is InChI=1S/C5H12NO/c1-3-4-6-5(2)7/h5-7H,1,3-4H2,2H3. The minimum atomic E-state index is -0.387. The average Bonchev–Trinajstić information content (AvgIpc) is 1.61. The third kappa shape index (κ3) is 5.92. The van der Waals surface area contributed by atoms with Crippen molar-refractivity contribution in [1.29, 1.82) is 0 Å². The molecule has 7 heavy (non-hydrogen) atoms. The van der Waals surface area contributed by atoms with Crippen LogP contribution in [0.25, 0.3) is 0 Å². The van der Waals surface area contributed by atoms with E-state index < -0.39 is 0 Å². The third-order valence-corrected chi connectivity index (χ3v) is 0.617. The van der Waals surface area contributed by atoms with E-state index in [4.69, 9.17) is 5.11 Å². The molecule has 0 amide bonds. The van der Waals surface area contributed by atoms with E-state index in [1.165, 1.54) is 0 Å². The summed E-state index contributed by atoms with van der Waals surface area (Å²) in [6.07, 6.45) is 0.437. The first-order chi connectivity index (χ1) is 3.27. The van der Waals surface area contributed by atoms with Gasteiger partial charge < -0.3 is 5.11 Å². The summed E-state index contributed by atoms with van der Waals surface area (Å²) in [5, 5.41) is 11.3. The molecule has 0 heterocycles. The molecule has 0 bridgehead atoms. The van der Waals surface area contributed by atoms with Crippen LogP contribution in [0.2, 0.25) is 0 Å². The van der Waals surface area contributed by atoms with Crippen LogP contribution < -0.4 is 5.32 Å². The SMILES string of the molecule is [CH2]CCNC(C)O. The number of aliphatic hydroxyl groups is 1. The summed E-state index contributed by atoms with van der Waals surface area (Å²) in [6, 6.07) is 0. The number of nitrogens with one attached hydrogen (secondary N) is 1. The highest BCUT2D eigenvalue weighted by molar-refractivity contribution is 4.46. The van der Waals surface area contributed by atoms with E-state index in [-0.39, 0.29) is 6.23 Å². The summed E-state index contributed by atoms with van der Waals surface area (Å²) in [4.78, 5) is 0. The normalized spacial score (nSPS) is 14.1. The minimum absolute atomic E-state index is 0.387. The Morgan fingerprint density at radius 1 is 1.86 bits per heavy atom. The van der Waals surface area contributed by atoms with Crippen molar-refractivity contribution in [3.05, 3.63) is 6.92 Å². The van der Waals surface area contributed by atoms with Crippen LogP contribution in [-0.4, -0.2) is 17.9 Å². The van der Waals surface area contributed by atoms with E-state index in [1.54, 1.807) is 6.92 Å². The fourth-order valence-electron chi connectivity index (χ4n) is 0.311. The molecule has 0 aliphatic carbocycles. The smallest absolute Gasteiger partial charge is 0.102 e. The first kappa shape index (κ1) is 6.92. The molecule has 1 radical (unpaired) electrons. The second kappa shape index (κ2) is 4.09. The van der Waals surface area contributed by atoms with Gasteiger partial charge in [0.1, 0.15) is 6.23 Å². The van der Waals surface area contributed by atoms with Crippen LogP contribution in [0.15, 0.2) is 0 Å². The summed E-state index contributed by atoms with van der Waals surface area (Å²) in [5.41, 5.74) is 0. The molecule has 1 unspecified atom stereocenters. The molecule has 0 aliphatic heterocycles. The Hall–Kier alpha value is -0.0800. The maximum atomic E-state index is 8.54. The van der Waals surface area contributed by atoms with Crippen molar-refractivity contribution in [1.82, 2.24) is 5.32 Å². The largest absolute Gasteiger partial charge is 0.379 e. The van der Waals surface area contributed by atoms with Crippen LogP contribution in [0, 0.1) is 6.92 Å². The van der Waals surface area contributed by atoms with Crippen LogP contribution >= 0.6 is 0 Å². The van der Waals surface area contributed by atoms with E-state index in [0.29, 0.717) is 0 Å². The van der Waals surface area contributed by atoms with Gasteiger partial charge in [0, 0.05) is 0 Å². The maximum absolute atomic E-state index is 8.54. The molecule has 0 saturated carbocycles. The minimum Gasteiger partial charge on any atom is -0.379 e. The summed E-state index contributed by atoms with van der Waals surface area (Å²) in [5.74, 6) is 0. The van der Waals surface area contributed by atoms with Gasteiger partial charge in [-0.05, 0) is 19.9 Å². The lowest BCUT2D eigenvalue weighted by atomic mass is 10.5. The molecule has 2 nitrogen and oxygen atoms in total. The molecule has 0 fully saturated rings. The lowest BCUT2D eigenvalue weighted by Crippen LogP contribution is -2.25. The Morgan fingerprint density at radius 3 is 2.57 bits per heavy atom. The molecule has 2 N–H and O–H groups in total. The van der Waals surface area contributed by atoms with Gasteiger partial charge in [0.25, 0.3) is 0 Å². The molecule has 0 aliphatic rings. The molecule has 43 valence electrons. The van der Waals surface area contributed by atoms with Crippen LogP contribution in [0.1, 0.15) is 13.3 Å². The van der Waals surface area contributed by atoms with Crippen molar-refractivity contribution in [3.8, 4) is 0 Å². The molecule has 0 spiro atoms. The Morgan fingerprint density at radius 2 is 2.43 bits per heavy atom. The summed E-state index contributed by atoms with van der Waals surface area (Å²) >= 11 is 0. The monoisotopic (exact) mass is 102 g/mol. The summed E-state index contributed by atoms with van der Waals surface area (Å²) < 4.78 is 0. The van der Waals surface area contributed by atoms with Crippen molar-refractivity contribution in [2.45, 2.75) is 19.6 Å². The van der Waals surface area contributed by atoms with Crippen LogP contribution in [0.4, 0.5) is 0 Å². The van der Waals surface area contributed by atoms with Crippen molar-refractivity contribution in [2.75, 3.05) is 6.54 Å². The van der Waals surface area contributed by atoms with E-state index in [0.717, 1.165) is 13.0 Å². The van der Waals surface area contributed by atoms with Gasteiger partial charge in [-0.2, -0.15) is 0 Å². The summed E-state index contributed by atoms with van der Waals surface area (Å²) in [6.45, 7) is 6.06. The highest BCUT2D eigenvalue weighted by atomic mass is 16.3. The number of rotatable bonds is 3. The zero-order chi connectivity index (χ0) is 5.70. The Balaban J connectivity index is 2.68. The molecule has 0 rings (SSSR count). The zero-order valence-electron chi connectivity index (χ0n) is 4.65. The van der Waals surface area contributed by atoms with Gasteiger partial charge in [-0.15, -0.1) is 0 Å². The van der Waals surface area contributed by atoms with Gasteiger partial charge in [-0.1, -0.05) is 6.92 Å². The van der Waals surface area contributed by atoms with Crippen LogP contribution in [0.3, 0.4) is 0 Å². The van der Waals surface area contributed by atoms with Gasteiger partial charge in [0.05, 0.1) is 0 Å². The fourth-order valence-corrected chi connectivity index (χ4v) is 0.311. The molecular formula is C5H12NO. The predicted octanol–water partition coefficient (Wildman–Crippen LogP) is 0.138. The topological polar surface area (TPSA) is 32.3 Å².